The van der Waals surface area contributed by atoms with Crippen LogP contribution in [0.4, 0.5) is 11.4 Å². The van der Waals surface area contributed by atoms with Crippen molar-refractivity contribution in [1.82, 2.24) is 0 Å². The number of hydrogen-bond acceptors (Lipinski definition) is 7. The van der Waals surface area contributed by atoms with Crippen LogP contribution in [0.5, 0.6) is 5.75 Å². The van der Waals surface area contributed by atoms with Crippen molar-refractivity contribution in [2.24, 2.45) is 0 Å². The maximum absolute atomic E-state index is 12.4. The van der Waals surface area contributed by atoms with Crippen LogP contribution >= 0.6 is 22.6 Å². The minimum Gasteiger partial charge on any atom is -0.379 e. The number of halogens is 1. The van der Waals surface area contributed by atoms with Gasteiger partial charge in [0.05, 0.1) is 10.6 Å². The molecule has 0 aliphatic rings. The van der Waals surface area contributed by atoms with E-state index in [1.807, 2.05) is 18.2 Å². The van der Waals surface area contributed by atoms with Gasteiger partial charge in [-0.15, -0.1) is 0 Å². The molecule has 1 amide bonds. The second-order valence-corrected chi connectivity index (χ2v) is 9.17. The lowest BCUT2D eigenvalue weighted by Crippen LogP contribution is -2.14. The minimum atomic E-state index is -4.20. The molecule has 0 saturated carbocycles. The predicted molar refractivity (Wildman–Crippen MR) is 129 cm³/mol. The quantitative estimate of drug-likeness (QED) is 0.109. The summed E-state index contributed by atoms with van der Waals surface area (Å²) in [5, 5.41) is 22.7. The molecule has 3 aromatic rings. The number of hydrogen-bond donors (Lipinski definition) is 1. The van der Waals surface area contributed by atoms with Crippen LogP contribution in [-0.4, -0.2) is 19.2 Å². The molecule has 0 aliphatic heterocycles. The number of carbonyl (C=O) groups is 1. The molecule has 0 aromatic heterocycles. The molecule has 0 unspecified atom stereocenters. The standard InChI is InChI=1S/C22H14IN3O6S/c23-20-3-1-2-4-21(20)25-22(27)16(14-24)13-15-5-9-18(10-6-15)32-33(30,31)19-11-7-17(8-12-19)26(28)29/h1-13H,(H,25,27)/b16-13-. The molecule has 0 bridgehead atoms. The van der Waals surface area contributed by atoms with Gasteiger partial charge in [-0.25, -0.2) is 0 Å². The Balaban J connectivity index is 1.74. The van der Waals surface area contributed by atoms with Gasteiger partial charge in [-0.2, -0.15) is 13.7 Å². The van der Waals surface area contributed by atoms with Gasteiger partial charge in [-0.1, -0.05) is 24.3 Å². The Labute approximate surface area is 202 Å². The van der Waals surface area contributed by atoms with E-state index < -0.39 is 20.9 Å². The van der Waals surface area contributed by atoms with Crippen molar-refractivity contribution >= 4 is 56.1 Å². The molecule has 0 fully saturated rings. The zero-order chi connectivity index (χ0) is 24.0. The summed E-state index contributed by atoms with van der Waals surface area (Å²) in [5.41, 5.74) is 0.667. The van der Waals surface area contributed by atoms with Crippen LogP contribution < -0.4 is 9.50 Å². The van der Waals surface area contributed by atoms with Gasteiger partial charge in [0.2, 0.25) is 0 Å². The molecule has 11 heteroatoms. The van der Waals surface area contributed by atoms with Crippen LogP contribution in [-0.2, 0) is 14.9 Å². The van der Waals surface area contributed by atoms with E-state index in [1.54, 1.807) is 12.1 Å². The van der Waals surface area contributed by atoms with Crippen LogP contribution in [0.15, 0.2) is 83.3 Å². The number of nitro groups is 1. The van der Waals surface area contributed by atoms with Crippen molar-refractivity contribution in [2.45, 2.75) is 4.90 Å². The first-order valence-corrected chi connectivity index (χ1v) is 11.6. The molecule has 166 valence electrons. The van der Waals surface area contributed by atoms with Gasteiger partial charge in [0.25, 0.3) is 11.6 Å². The molecular formula is C22H14IN3O6S. The average molecular weight is 575 g/mol. The van der Waals surface area contributed by atoms with Crippen molar-refractivity contribution in [1.29, 1.82) is 5.26 Å². The van der Waals surface area contributed by atoms with Crippen molar-refractivity contribution in [3.05, 3.63) is 97.6 Å². The average Bonchev–Trinajstić information content (AvgIpc) is 2.80. The molecule has 0 spiro atoms. The molecule has 3 rings (SSSR count). The highest BCUT2D eigenvalue weighted by Gasteiger charge is 2.18. The molecule has 33 heavy (non-hydrogen) atoms. The molecule has 0 saturated heterocycles. The summed E-state index contributed by atoms with van der Waals surface area (Å²) >= 11 is 2.07. The number of benzene rings is 3. The number of carbonyl (C=O) groups excluding carboxylic acids is 1. The van der Waals surface area contributed by atoms with Gasteiger partial charge in [0.1, 0.15) is 22.3 Å². The number of nitriles is 1. The van der Waals surface area contributed by atoms with Crippen LogP contribution in [0.25, 0.3) is 6.08 Å². The molecule has 0 atom stereocenters. The van der Waals surface area contributed by atoms with Crippen LogP contribution in [0.1, 0.15) is 5.56 Å². The topological polar surface area (TPSA) is 139 Å². The molecular weight excluding hydrogens is 561 g/mol. The number of nitro benzene ring substituents is 1. The number of rotatable bonds is 7. The van der Waals surface area contributed by atoms with Gasteiger partial charge in [-0.3, -0.25) is 14.9 Å². The van der Waals surface area contributed by atoms with Crippen molar-refractivity contribution < 1.29 is 22.3 Å². The Morgan fingerprint density at radius 1 is 1.06 bits per heavy atom. The fourth-order valence-corrected chi connectivity index (χ4v) is 4.05. The van der Waals surface area contributed by atoms with Crippen molar-refractivity contribution in [2.75, 3.05) is 5.32 Å². The summed E-state index contributed by atoms with van der Waals surface area (Å²) in [7, 11) is -4.20. The van der Waals surface area contributed by atoms with E-state index >= 15 is 0 Å². The van der Waals surface area contributed by atoms with E-state index in [2.05, 4.69) is 27.9 Å². The van der Waals surface area contributed by atoms with E-state index in [9.17, 15) is 28.6 Å². The first-order valence-electron chi connectivity index (χ1n) is 9.16. The second kappa shape index (κ2) is 10.2. The Bertz CT molecular complexity index is 1380. The summed E-state index contributed by atoms with van der Waals surface area (Å²) in [6, 6.07) is 18.9. The third-order valence-corrected chi connectivity index (χ3v) is 6.42. The van der Waals surface area contributed by atoms with E-state index in [0.29, 0.717) is 11.3 Å². The zero-order valence-electron chi connectivity index (χ0n) is 16.6. The lowest BCUT2D eigenvalue weighted by atomic mass is 10.1. The smallest absolute Gasteiger partial charge is 0.339 e. The number of anilines is 1. The third-order valence-electron chi connectivity index (χ3n) is 4.22. The van der Waals surface area contributed by atoms with Crippen molar-refractivity contribution in [3.63, 3.8) is 0 Å². The first kappa shape index (κ1) is 23.9. The Morgan fingerprint density at radius 3 is 2.27 bits per heavy atom. The summed E-state index contributed by atoms with van der Waals surface area (Å²) in [4.78, 5) is 22.3. The van der Waals surface area contributed by atoms with Crippen LogP contribution in [0.3, 0.4) is 0 Å². The largest absolute Gasteiger partial charge is 0.379 e. The normalized spacial score (nSPS) is 11.3. The van der Waals surface area contributed by atoms with Crippen molar-refractivity contribution in [3.8, 4) is 11.8 Å². The lowest BCUT2D eigenvalue weighted by Gasteiger charge is -2.08. The van der Waals surface area contributed by atoms with Gasteiger partial charge < -0.3 is 9.50 Å². The number of para-hydroxylation sites is 1. The van der Waals surface area contributed by atoms with E-state index in [-0.39, 0.29) is 21.9 Å². The van der Waals surface area contributed by atoms with Gasteiger partial charge in [0, 0.05) is 15.7 Å². The van der Waals surface area contributed by atoms with Gasteiger partial charge in [-0.05, 0) is 70.6 Å². The fraction of sp³-hybridized carbons (Fsp3) is 0. The van der Waals surface area contributed by atoms with E-state index in [4.69, 9.17) is 4.18 Å². The Morgan fingerprint density at radius 2 is 1.70 bits per heavy atom. The molecule has 1 N–H and O–H groups in total. The highest BCUT2D eigenvalue weighted by atomic mass is 127. The van der Waals surface area contributed by atoms with Crippen LogP contribution in [0, 0.1) is 25.0 Å². The number of non-ortho nitro benzene ring substituents is 1. The SMILES string of the molecule is N#C/C(=C/c1ccc(OS(=O)(=O)c2ccc([N+](=O)[O-])cc2)cc1)C(=O)Nc1ccccc1I. The third kappa shape index (κ3) is 6.15. The highest BCUT2D eigenvalue weighted by Crippen LogP contribution is 2.23. The number of amides is 1. The molecule has 0 radical (unpaired) electrons. The fourth-order valence-electron chi connectivity index (χ4n) is 2.60. The molecule has 0 aliphatic carbocycles. The number of nitrogens with one attached hydrogen (secondary N) is 1. The summed E-state index contributed by atoms with van der Waals surface area (Å²) in [6.45, 7) is 0. The van der Waals surface area contributed by atoms with Gasteiger partial charge in [0.15, 0.2) is 0 Å². The molecule has 9 nitrogen and oxygen atoms in total. The Kier molecular flexibility index (Phi) is 7.41. The van der Waals surface area contributed by atoms with Crippen LogP contribution in [0.2, 0.25) is 0 Å². The zero-order valence-corrected chi connectivity index (χ0v) is 19.6. The lowest BCUT2D eigenvalue weighted by molar-refractivity contribution is -0.384. The van der Waals surface area contributed by atoms with E-state index in [0.717, 1.165) is 27.8 Å². The van der Waals surface area contributed by atoms with E-state index in [1.165, 1.54) is 30.3 Å². The highest BCUT2D eigenvalue weighted by molar-refractivity contribution is 14.1. The Hall–Kier alpha value is -3.76. The molecule has 0 heterocycles. The first-order chi connectivity index (χ1) is 15.7. The predicted octanol–water partition coefficient (Wildman–Crippen LogP) is 4.51. The monoisotopic (exact) mass is 575 g/mol. The number of nitrogens with zero attached hydrogens (tertiary/aromatic N) is 2. The van der Waals surface area contributed by atoms with Gasteiger partial charge >= 0.3 is 10.1 Å². The molecule has 3 aromatic carbocycles. The maximum Gasteiger partial charge on any atom is 0.339 e. The summed E-state index contributed by atoms with van der Waals surface area (Å²) in [6.07, 6.45) is 1.36. The summed E-state index contributed by atoms with van der Waals surface area (Å²) in [5.74, 6) is -0.588. The summed E-state index contributed by atoms with van der Waals surface area (Å²) < 4.78 is 30.6. The minimum absolute atomic E-state index is 0.00713. The second-order valence-electron chi connectivity index (χ2n) is 6.46. The maximum atomic E-state index is 12.4.